The van der Waals surface area contributed by atoms with E-state index in [0.29, 0.717) is 23.0 Å². The van der Waals surface area contributed by atoms with Crippen molar-refractivity contribution in [1.29, 1.82) is 5.26 Å². The number of fused-ring (bicyclic) bond motifs is 1. The van der Waals surface area contributed by atoms with Crippen molar-refractivity contribution in [2.45, 2.75) is 26.3 Å². The molecule has 2 heterocycles. The van der Waals surface area contributed by atoms with E-state index in [1.165, 1.54) is 0 Å². The first-order chi connectivity index (χ1) is 8.08. The molecule has 0 amide bonds. The van der Waals surface area contributed by atoms with Gasteiger partial charge in [-0.3, -0.25) is 0 Å². The Balaban J connectivity index is 2.68. The van der Waals surface area contributed by atoms with Crippen LogP contribution < -0.4 is 5.73 Å². The number of hydrogen-bond donors (Lipinski definition) is 1. The number of nitrogens with two attached hydrogens (primary N) is 1. The standard InChI is InChI=1S/C12H13N4O/c1-3-10-12-9(5-8(6-13)16(10)17)7(2)4-11(14)15-12/h4-5,10H,3H2,1-2H3,(H2,14,15)/q-1. The molecule has 0 spiro atoms. The van der Waals surface area contributed by atoms with E-state index in [9.17, 15) is 5.21 Å². The summed E-state index contributed by atoms with van der Waals surface area (Å²) >= 11 is 0. The summed E-state index contributed by atoms with van der Waals surface area (Å²) in [4.78, 5) is 4.23. The molecular formula is C12H13N4O-. The Labute approximate surface area is 99.8 Å². The smallest absolute Gasteiger partial charge is 0.124 e. The summed E-state index contributed by atoms with van der Waals surface area (Å²) in [5.41, 5.74) is 8.26. The molecule has 2 rings (SSSR count). The number of aryl methyl sites for hydroxylation is 1. The number of nitriles is 1. The highest BCUT2D eigenvalue weighted by Crippen LogP contribution is 2.35. The number of nitrogen functional groups attached to an aromatic ring is 1. The van der Waals surface area contributed by atoms with Gasteiger partial charge in [0.1, 0.15) is 17.6 Å². The van der Waals surface area contributed by atoms with E-state index in [1.54, 1.807) is 12.1 Å². The summed E-state index contributed by atoms with van der Waals surface area (Å²) < 4.78 is 0. The van der Waals surface area contributed by atoms with Crippen molar-refractivity contribution in [3.8, 4) is 6.07 Å². The lowest BCUT2D eigenvalue weighted by molar-refractivity contribution is 0.338. The molecule has 1 aliphatic rings. The van der Waals surface area contributed by atoms with Crippen LogP contribution in [0.1, 0.15) is 36.2 Å². The summed E-state index contributed by atoms with van der Waals surface area (Å²) in [5, 5.41) is 21.6. The topological polar surface area (TPSA) is 89.0 Å². The predicted molar refractivity (Wildman–Crippen MR) is 65.2 cm³/mol. The zero-order chi connectivity index (χ0) is 12.6. The number of allylic oxidation sites excluding steroid dienone is 1. The van der Waals surface area contributed by atoms with Crippen molar-refractivity contribution in [3.63, 3.8) is 0 Å². The number of anilines is 1. The molecule has 0 saturated carbocycles. The van der Waals surface area contributed by atoms with E-state index in [1.807, 2.05) is 19.9 Å². The van der Waals surface area contributed by atoms with Crippen LogP contribution in [0.2, 0.25) is 0 Å². The third kappa shape index (κ3) is 1.73. The summed E-state index contributed by atoms with van der Waals surface area (Å²) in [6.07, 6.45) is 2.17. The predicted octanol–water partition coefficient (Wildman–Crippen LogP) is 2.10. The van der Waals surface area contributed by atoms with Crippen LogP contribution in [-0.4, -0.2) is 10.0 Å². The van der Waals surface area contributed by atoms with Crippen molar-refractivity contribution in [2.75, 3.05) is 5.73 Å². The molecule has 1 unspecified atom stereocenters. The Morgan fingerprint density at radius 1 is 1.65 bits per heavy atom. The van der Waals surface area contributed by atoms with Gasteiger partial charge in [0.15, 0.2) is 0 Å². The van der Waals surface area contributed by atoms with Crippen molar-refractivity contribution >= 4 is 11.9 Å². The minimum absolute atomic E-state index is 0.124. The molecule has 1 aromatic heterocycles. The lowest BCUT2D eigenvalue weighted by Crippen LogP contribution is -2.26. The first kappa shape index (κ1) is 11.4. The maximum atomic E-state index is 11.9. The minimum Gasteiger partial charge on any atom is -0.757 e. The Hall–Kier alpha value is -2.06. The van der Waals surface area contributed by atoms with Crippen molar-refractivity contribution < 1.29 is 0 Å². The molecule has 2 N–H and O–H groups in total. The van der Waals surface area contributed by atoms with Gasteiger partial charge >= 0.3 is 0 Å². The van der Waals surface area contributed by atoms with Gasteiger partial charge in [-0.2, -0.15) is 5.26 Å². The van der Waals surface area contributed by atoms with Gasteiger partial charge in [0.2, 0.25) is 0 Å². The van der Waals surface area contributed by atoms with E-state index in [-0.39, 0.29) is 5.70 Å². The number of hydroxylamine groups is 2. The van der Waals surface area contributed by atoms with Crippen molar-refractivity contribution in [2.24, 2.45) is 0 Å². The fourth-order valence-corrected chi connectivity index (χ4v) is 2.09. The number of nitrogens with zero attached hydrogens (tertiary/aromatic N) is 3. The molecular weight excluding hydrogens is 216 g/mol. The molecule has 0 saturated heterocycles. The van der Waals surface area contributed by atoms with Crippen LogP contribution in [0.25, 0.3) is 6.08 Å². The maximum absolute atomic E-state index is 11.9. The van der Waals surface area contributed by atoms with Crippen LogP contribution in [0.5, 0.6) is 0 Å². The highest BCUT2D eigenvalue weighted by molar-refractivity contribution is 5.66. The van der Waals surface area contributed by atoms with Gasteiger partial charge in [0.05, 0.1) is 11.7 Å². The monoisotopic (exact) mass is 229 g/mol. The Bertz CT molecular complexity index is 530. The third-order valence-corrected chi connectivity index (χ3v) is 2.93. The normalized spacial score (nSPS) is 18.4. The summed E-state index contributed by atoms with van der Waals surface area (Å²) in [6, 6.07) is 3.24. The van der Waals surface area contributed by atoms with E-state index >= 15 is 0 Å². The lowest BCUT2D eigenvalue weighted by Gasteiger charge is -2.41. The number of rotatable bonds is 1. The van der Waals surface area contributed by atoms with Crippen LogP contribution >= 0.6 is 0 Å². The van der Waals surface area contributed by atoms with E-state index in [0.717, 1.165) is 11.1 Å². The second kappa shape index (κ2) is 4.07. The number of pyridine rings is 1. The minimum atomic E-state index is -0.424. The van der Waals surface area contributed by atoms with Crippen LogP contribution in [0.15, 0.2) is 11.8 Å². The first-order valence-electron chi connectivity index (χ1n) is 5.43. The van der Waals surface area contributed by atoms with E-state index in [4.69, 9.17) is 11.0 Å². The molecule has 5 heteroatoms. The Morgan fingerprint density at radius 2 is 2.35 bits per heavy atom. The first-order valence-corrected chi connectivity index (χ1v) is 5.43. The lowest BCUT2D eigenvalue weighted by atomic mass is 9.96. The van der Waals surface area contributed by atoms with Gasteiger partial charge in [-0.15, -0.1) is 0 Å². The van der Waals surface area contributed by atoms with Gasteiger partial charge < -0.3 is 16.0 Å². The molecule has 0 aliphatic carbocycles. The molecule has 0 radical (unpaired) electrons. The summed E-state index contributed by atoms with van der Waals surface area (Å²) in [5.74, 6) is 0.405. The molecule has 88 valence electrons. The Kier molecular flexibility index (Phi) is 2.74. The second-order valence-corrected chi connectivity index (χ2v) is 4.05. The maximum Gasteiger partial charge on any atom is 0.124 e. The van der Waals surface area contributed by atoms with E-state index in [2.05, 4.69) is 4.98 Å². The van der Waals surface area contributed by atoms with Crippen molar-refractivity contribution in [3.05, 3.63) is 33.8 Å². The van der Waals surface area contributed by atoms with Crippen LogP contribution in [0.3, 0.4) is 0 Å². The average molecular weight is 229 g/mol. The van der Waals surface area contributed by atoms with Gasteiger partial charge in [0, 0.05) is 5.56 Å². The molecule has 1 atom stereocenters. The Morgan fingerprint density at radius 3 is 2.94 bits per heavy atom. The fraction of sp³-hybridized carbons (Fsp3) is 0.333. The average Bonchev–Trinajstić information content (AvgIpc) is 2.28. The summed E-state index contributed by atoms with van der Waals surface area (Å²) in [7, 11) is 0. The number of hydrogen-bond acceptors (Lipinski definition) is 5. The largest absolute Gasteiger partial charge is 0.757 e. The number of aromatic nitrogens is 1. The fourth-order valence-electron chi connectivity index (χ4n) is 2.09. The van der Waals surface area contributed by atoms with Crippen LogP contribution in [0.4, 0.5) is 5.82 Å². The van der Waals surface area contributed by atoms with Crippen molar-refractivity contribution in [1.82, 2.24) is 10.0 Å². The highest BCUT2D eigenvalue weighted by Gasteiger charge is 2.24. The molecule has 17 heavy (non-hydrogen) atoms. The van der Waals surface area contributed by atoms with Gasteiger partial charge in [-0.05, 0) is 31.1 Å². The second-order valence-electron chi connectivity index (χ2n) is 4.05. The van der Waals surface area contributed by atoms with Gasteiger partial charge in [0.25, 0.3) is 0 Å². The highest BCUT2D eigenvalue weighted by atomic mass is 16.5. The molecule has 0 bridgehead atoms. The zero-order valence-corrected chi connectivity index (χ0v) is 9.77. The van der Waals surface area contributed by atoms with Gasteiger partial charge in [-0.25, -0.2) is 4.98 Å². The molecule has 1 aliphatic heterocycles. The molecule has 0 fully saturated rings. The van der Waals surface area contributed by atoms with Gasteiger partial charge in [-0.1, -0.05) is 6.92 Å². The molecule has 0 aromatic carbocycles. The molecule has 1 aromatic rings. The SMILES string of the molecule is CCC1c2nc(N)cc(C)c2C=C(C#N)N1[O-]. The molecule has 5 nitrogen and oxygen atoms in total. The third-order valence-electron chi connectivity index (χ3n) is 2.93. The van der Waals surface area contributed by atoms with Crippen LogP contribution in [-0.2, 0) is 0 Å². The zero-order valence-electron chi connectivity index (χ0n) is 9.77. The quantitative estimate of drug-likeness (QED) is 0.796. The van der Waals surface area contributed by atoms with E-state index < -0.39 is 6.04 Å². The van der Waals surface area contributed by atoms with Crippen LogP contribution in [0, 0.1) is 23.5 Å². The summed E-state index contributed by atoms with van der Waals surface area (Å²) in [6.45, 7) is 3.79.